The van der Waals surface area contributed by atoms with Crippen molar-refractivity contribution < 1.29 is 4.39 Å². The SMILES string of the molecule is CCC(C)N(CC)c1ccc(F)cc1CNC(C)(C)C. The van der Waals surface area contributed by atoms with Gasteiger partial charge in [0, 0.05) is 30.4 Å². The number of rotatable bonds is 6. The Labute approximate surface area is 123 Å². The Morgan fingerprint density at radius 3 is 2.40 bits per heavy atom. The molecule has 1 aromatic rings. The van der Waals surface area contributed by atoms with Gasteiger partial charge in [-0.3, -0.25) is 0 Å². The molecule has 0 heterocycles. The molecule has 2 nitrogen and oxygen atoms in total. The average Bonchev–Trinajstić information content (AvgIpc) is 2.38. The fourth-order valence-electron chi connectivity index (χ4n) is 2.28. The Bertz CT molecular complexity index is 423. The van der Waals surface area contributed by atoms with Crippen molar-refractivity contribution in [1.82, 2.24) is 5.32 Å². The number of halogens is 1. The number of hydrogen-bond acceptors (Lipinski definition) is 2. The summed E-state index contributed by atoms with van der Waals surface area (Å²) < 4.78 is 13.6. The lowest BCUT2D eigenvalue weighted by Crippen LogP contribution is -2.37. The number of hydrogen-bond donors (Lipinski definition) is 1. The molecular weight excluding hydrogens is 251 g/mol. The highest BCUT2D eigenvalue weighted by Crippen LogP contribution is 2.25. The molecule has 1 unspecified atom stereocenters. The third-order valence-corrected chi connectivity index (χ3v) is 3.62. The fraction of sp³-hybridized carbons (Fsp3) is 0.647. The second-order valence-corrected chi connectivity index (χ2v) is 6.42. The van der Waals surface area contributed by atoms with Gasteiger partial charge in [0.25, 0.3) is 0 Å². The Morgan fingerprint density at radius 1 is 1.25 bits per heavy atom. The average molecular weight is 280 g/mol. The number of nitrogens with one attached hydrogen (secondary N) is 1. The standard InChI is InChI=1S/C17H29FN2/c1-7-13(3)20(8-2)16-10-9-15(18)11-14(16)12-19-17(4,5)6/h9-11,13,19H,7-8,12H2,1-6H3. The Balaban J connectivity index is 3.05. The van der Waals surface area contributed by atoms with Crippen molar-refractivity contribution in [1.29, 1.82) is 0 Å². The number of benzene rings is 1. The highest BCUT2D eigenvalue weighted by molar-refractivity contribution is 5.54. The van der Waals surface area contributed by atoms with Gasteiger partial charge in [0.05, 0.1) is 0 Å². The van der Waals surface area contributed by atoms with E-state index in [1.54, 1.807) is 12.1 Å². The van der Waals surface area contributed by atoms with Crippen molar-refractivity contribution in [2.24, 2.45) is 0 Å². The van der Waals surface area contributed by atoms with Gasteiger partial charge >= 0.3 is 0 Å². The van der Waals surface area contributed by atoms with Gasteiger partial charge < -0.3 is 10.2 Å². The summed E-state index contributed by atoms with van der Waals surface area (Å²) in [5.41, 5.74) is 2.19. The van der Waals surface area contributed by atoms with Gasteiger partial charge in [-0.05, 0) is 64.8 Å². The van der Waals surface area contributed by atoms with Crippen molar-refractivity contribution >= 4 is 5.69 Å². The molecule has 0 radical (unpaired) electrons. The van der Waals surface area contributed by atoms with Crippen molar-refractivity contribution in [3.63, 3.8) is 0 Å². The maximum absolute atomic E-state index is 13.6. The molecule has 1 aromatic carbocycles. The summed E-state index contributed by atoms with van der Waals surface area (Å²) in [6.45, 7) is 14.5. The van der Waals surface area contributed by atoms with Gasteiger partial charge in [-0.25, -0.2) is 4.39 Å². The largest absolute Gasteiger partial charge is 0.369 e. The highest BCUT2D eigenvalue weighted by atomic mass is 19.1. The van der Waals surface area contributed by atoms with Gasteiger partial charge in [0.1, 0.15) is 5.82 Å². The monoisotopic (exact) mass is 280 g/mol. The van der Waals surface area contributed by atoms with E-state index in [9.17, 15) is 4.39 Å². The van der Waals surface area contributed by atoms with Crippen LogP contribution in [0.3, 0.4) is 0 Å². The van der Waals surface area contributed by atoms with Crippen LogP contribution < -0.4 is 10.2 Å². The van der Waals surface area contributed by atoms with Crippen LogP contribution in [0.5, 0.6) is 0 Å². The van der Waals surface area contributed by atoms with Gasteiger partial charge in [0.2, 0.25) is 0 Å². The summed E-state index contributed by atoms with van der Waals surface area (Å²) in [6.07, 6.45) is 1.08. The summed E-state index contributed by atoms with van der Waals surface area (Å²) in [7, 11) is 0. The van der Waals surface area contributed by atoms with Gasteiger partial charge in [0.15, 0.2) is 0 Å². The Morgan fingerprint density at radius 2 is 1.90 bits per heavy atom. The van der Waals surface area contributed by atoms with E-state index in [1.807, 2.05) is 6.07 Å². The molecule has 0 spiro atoms. The molecule has 0 saturated heterocycles. The quantitative estimate of drug-likeness (QED) is 0.834. The number of nitrogens with zero attached hydrogens (tertiary/aromatic N) is 1. The lowest BCUT2D eigenvalue weighted by Gasteiger charge is -2.32. The molecule has 3 heteroatoms. The summed E-state index contributed by atoms with van der Waals surface area (Å²) in [4.78, 5) is 2.35. The Hall–Kier alpha value is -1.09. The van der Waals surface area contributed by atoms with Crippen molar-refractivity contribution in [3.8, 4) is 0 Å². The van der Waals surface area contributed by atoms with E-state index in [0.717, 1.165) is 24.2 Å². The summed E-state index contributed by atoms with van der Waals surface area (Å²) in [5, 5.41) is 3.45. The van der Waals surface area contributed by atoms with Crippen LogP contribution in [0.25, 0.3) is 0 Å². The van der Waals surface area contributed by atoms with E-state index in [1.165, 1.54) is 0 Å². The first kappa shape index (κ1) is 17.0. The van der Waals surface area contributed by atoms with Gasteiger partial charge in [-0.1, -0.05) is 6.92 Å². The molecule has 0 bridgehead atoms. The molecule has 1 N–H and O–H groups in total. The van der Waals surface area contributed by atoms with Crippen LogP contribution in [0.4, 0.5) is 10.1 Å². The second kappa shape index (κ2) is 7.07. The molecule has 0 aliphatic heterocycles. The van der Waals surface area contributed by atoms with Crippen LogP contribution >= 0.6 is 0 Å². The van der Waals surface area contributed by atoms with Crippen LogP contribution in [0.2, 0.25) is 0 Å². The maximum Gasteiger partial charge on any atom is 0.123 e. The molecule has 0 aliphatic carbocycles. The minimum Gasteiger partial charge on any atom is -0.369 e. The van der Waals surface area contributed by atoms with E-state index in [0.29, 0.717) is 12.6 Å². The lowest BCUT2D eigenvalue weighted by atomic mass is 10.1. The fourth-order valence-corrected chi connectivity index (χ4v) is 2.28. The van der Waals surface area contributed by atoms with Gasteiger partial charge in [-0.15, -0.1) is 0 Å². The molecule has 0 amide bonds. The molecule has 0 aromatic heterocycles. The normalized spacial score (nSPS) is 13.3. The molecule has 0 aliphatic rings. The molecule has 1 atom stereocenters. The van der Waals surface area contributed by atoms with Crippen LogP contribution in [0, 0.1) is 5.82 Å². The summed E-state index contributed by atoms with van der Waals surface area (Å²) in [6, 6.07) is 5.57. The molecule has 0 saturated carbocycles. The van der Waals surface area contributed by atoms with E-state index in [4.69, 9.17) is 0 Å². The molecule has 1 rings (SSSR count). The minimum absolute atomic E-state index is 0.0248. The first-order valence-corrected chi connectivity index (χ1v) is 7.58. The molecule has 20 heavy (non-hydrogen) atoms. The summed E-state index contributed by atoms with van der Waals surface area (Å²) >= 11 is 0. The van der Waals surface area contributed by atoms with E-state index in [2.05, 4.69) is 51.8 Å². The van der Waals surface area contributed by atoms with Crippen LogP contribution in [-0.4, -0.2) is 18.1 Å². The van der Waals surface area contributed by atoms with Gasteiger partial charge in [-0.2, -0.15) is 0 Å². The zero-order valence-corrected chi connectivity index (χ0v) is 13.8. The zero-order chi connectivity index (χ0) is 15.3. The highest BCUT2D eigenvalue weighted by Gasteiger charge is 2.17. The maximum atomic E-state index is 13.6. The van der Waals surface area contributed by atoms with E-state index >= 15 is 0 Å². The van der Waals surface area contributed by atoms with Crippen LogP contribution in [0.15, 0.2) is 18.2 Å². The van der Waals surface area contributed by atoms with Crippen LogP contribution in [-0.2, 0) is 6.54 Å². The van der Waals surface area contributed by atoms with E-state index < -0.39 is 0 Å². The summed E-state index contributed by atoms with van der Waals surface area (Å²) in [5.74, 6) is -0.167. The molecular formula is C17H29FN2. The van der Waals surface area contributed by atoms with Crippen molar-refractivity contribution in [3.05, 3.63) is 29.6 Å². The third-order valence-electron chi connectivity index (χ3n) is 3.62. The minimum atomic E-state index is -0.167. The molecule has 114 valence electrons. The zero-order valence-electron chi connectivity index (χ0n) is 13.8. The Kier molecular flexibility index (Phi) is 6.00. The third kappa shape index (κ3) is 4.78. The predicted molar refractivity (Wildman–Crippen MR) is 85.8 cm³/mol. The van der Waals surface area contributed by atoms with Crippen molar-refractivity contribution in [2.75, 3.05) is 11.4 Å². The first-order chi connectivity index (χ1) is 9.28. The van der Waals surface area contributed by atoms with Crippen molar-refractivity contribution in [2.45, 2.75) is 66.1 Å². The molecule has 0 fully saturated rings. The smallest absolute Gasteiger partial charge is 0.123 e. The van der Waals surface area contributed by atoms with Crippen LogP contribution in [0.1, 0.15) is 53.5 Å². The predicted octanol–water partition coefficient (Wildman–Crippen LogP) is 4.34. The number of anilines is 1. The first-order valence-electron chi connectivity index (χ1n) is 7.58. The lowest BCUT2D eigenvalue weighted by molar-refractivity contribution is 0.423. The topological polar surface area (TPSA) is 15.3 Å². The van der Waals surface area contributed by atoms with E-state index in [-0.39, 0.29) is 11.4 Å². The second-order valence-electron chi connectivity index (χ2n) is 6.42.